The van der Waals surface area contributed by atoms with Crippen molar-refractivity contribution in [3.05, 3.63) is 35.4 Å². The maximum Gasteiger partial charge on any atom is 0.162 e. The fraction of sp³-hybridized carbons (Fsp3) is 0.182. The van der Waals surface area contributed by atoms with Crippen molar-refractivity contribution >= 4 is 5.71 Å². The summed E-state index contributed by atoms with van der Waals surface area (Å²) < 4.78 is 25.9. The lowest BCUT2D eigenvalue weighted by Crippen LogP contribution is -2.02. The van der Waals surface area contributed by atoms with Crippen molar-refractivity contribution in [2.24, 2.45) is 5.16 Å². The van der Waals surface area contributed by atoms with Crippen LogP contribution in [0.25, 0.3) is 0 Å². The summed E-state index contributed by atoms with van der Waals surface area (Å²) in [5.74, 6) is 3.79. The lowest BCUT2D eigenvalue weighted by molar-refractivity contribution is 0.214. The van der Waals surface area contributed by atoms with Crippen LogP contribution in [-0.4, -0.2) is 12.8 Å². The maximum absolute atomic E-state index is 13.3. The van der Waals surface area contributed by atoms with Crippen molar-refractivity contribution in [3.8, 4) is 11.8 Å². The molecule has 78 valence electrons. The van der Waals surface area contributed by atoms with Gasteiger partial charge in [-0.05, 0) is 25.0 Å². The highest BCUT2D eigenvalue weighted by Crippen LogP contribution is 2.10. The number of hydrogen-bond acceptors (Lipinski definition) is 2. The molecule has 0 bridgehead atoms. The zero-order chi connectivity index (χ0) is 11.3. The molecule has 0 spiro atoms. The van der Waals surface area contributed by atoms with Gasteiger partial charge in [-0.3, -0.25) is 0 Å². The van der Waals surface area contributed by atoms with E-state index >= 15 is 0 Å². The quantitative estimate of drug-likeness (QED) is 0.416. The Bertz CT molecular complexity index is 444. The molecule has 0 aliphatic carbocycles. The molecule has 0 unspecified atom stereocenters. The summed E-state index contributed by atoms with van der Waals surface area (Å²) in [6, 6.07) is 3.19. The summed E-state index contributed by atoms with van der Waals surface area (Å²) in [5, 5.41) is 3.56. The standard InChI is InChI=1S/C11H9F2NO/c1-3-4-11(14-15-2)9-6-5-8(12)7-10(9)13/h5-7H,1-2H3/b14-11-. The molecule has 0 amide bonds. The van der Waals surface area contributed by atoms with E-state index in [1.165, 1.54) is 13.2 Å². The second-order valence-electron chi connectivity index (χ2n) is 2.62. The van der Waals surface area contributed by atoms with Crippen LogP contribution in [0.15, 0.2) is 23.4 Å². The first-order chi connectivity index (χ1) is 7.19. The van der Waals surface area contributed by atoms with Gasteiger partial charge in [-0.2, -0.15) is 0 Å². The van der Waals surface area contributed by atoms with E-state index in [4.69, 9.17) is 0 Å². The number of rotatable bonds is 2. The van der Waals surface area contributed by atoms with Crippen LogP contribution in [0, 0.1) is 23.5 Å². The number of halogens is 2. The molecular weight excluding hydrogens is 200 g/mol. The van der Waals surface area contributed by atoms with E-state index in [9.17, 15) is 8.78 Å². The van der Waals surface area contributed by atoms with Gasteiger partial charge in [0.15, 0.2) is 5.71 Å². The second kappa shape index (κ2) is 5.11. The SMILES string of the molecule is CC#C/C(=N/OC)c1ccc(F)cc1F. The third kappa shape index (κ3) is 2.78. The summed E-state index contributed by atoms with van der Waals surface area (Å²) in [4.78, 5) is 4.52. The molecule has 1 aromatic rings. The minimum Gasteiger partial charge on any atom is -0.398 e. The Labute approximate surface area is 86.5 Å². The summed E-state index contributed by atoms with van der Waals surface area (Å²) in [6.07, 6.45) is 0. The molecule has 1 aromatic carbocycles. The van der Waals surface area contributed by atoms with Gasteiger partial charge in [-0.15, -0.1) is 0 Å². The lowest BCUT2D eigenvalue weighted by atomic mass is 10.1. The Morgan fingerprint density at radius 1 is 1.40 bits per heavy atom. The molecule has 0 atom stereocenters. The van der Waals surface area contributed by atoms with Gasteiger partial charge in [0.25, 0.3) is 0 Å². The number of nitrogens with zero attached hydrogens (tertiary/aromatic N) is 1. The fourth-order valence-electron chi connectivity index (χ4n) is 1.03. The largest absolute Gasteiger partial charge is 0.398 e. The third-order valence-corrected chi connectivity index (χ3v) is 1.61. The first-order valence-corrected chi connectivity index (χ1v) is 4.18. The van der Waals surface area contributed by atoms with Crippen molar-refractivity contribution in [1.29, 1.82) is 0 Å². The highest BCUT2D eigenvalue weighted by atomic mass is 19.1. The van der Waals surface area contributed by atoms with E-state index in [1.54, 1.807) is 6.92 Å². The van der Waals surface area contributed by atoms with Crippen molar-refractivity contribution < 1.29 is 13.6 Å². The van der Waals surface area contributed by atoms with Crippen LogP contribution in [0.2, 0.25) is 0 Å². The minimum absolute atomic E-state index is 0.118. The second-order valence-corrected chi connectivity index (χ2v) is 2.62. The third-order valence-electron chi connectivity index (χ3n) is 1.61. The molecule has 4 heteroatoms. The van der Waals surface area contributed by atoms with E-state index in [0.717, 1.165) is 12.1 Å². The van der Waals surface area contributed by atoms with Crippen molar-refractivity contribution in [1.82, 2.24) is 0 Å². The van der Waals surface area contributed by atoms with E-state index in [0.29, 0.717) is 0 Å². The van der Waals surface area contributed by atoms with Gasteiger partial charge in [0.2, 0.25) is 0 Å². The first kappa shape index (κ1) is 11.2. The monoisotopic (exact) mass is 209 g/mol. The average molecular weight is 209 g/mol. The number of benzene rings is 1. The van der Waals surface area contributed by atoms with Crippen LogP contribution in [0.1, 0.15) is 12.5 Å². The summed E-state index contributed by atoms with van der Waals surface area (Å²) in [6.45, 7) is 1.59. The molecular formula is C11H9F2NO. The Morgan fingerprint density at radius 3 is 2.67 bits per heavy atom. The molecule has 15 heavy (non-hydrogen) atoms. The van der Waals surface area contributed by atoms with Gasteiger partial charge < -0.3 is 4.84 Å². The average Bonchev–Trinajstić information content (AvgIpc) is 2.17. The van der Waals surface area contributed by atoms with Crippen LogP contribution in [0.4, 0.5) is 8.78 Å². The smallest absolute Gasteiger partial charge is 0.162 e. The summed E-state index contributed by atoms with van der Waals surface area (Å²) in [7, 11) is 1.33. The molecule has 0 aliphatic rings. The summed E-state index contributed by atoms with van der Waals surface area (Å²) >= 11 is 0. The van der Waals surface area contributed by atoms with Crippen LogP contribution < -0.4 is 0 Å². The van der Waals surface area contributed by atoms with Crippen LogP contribution >= 0.6 is 0 Å². The van der Waals surface area contributed by atoms with Gasteiger partial charge in [-0.25, -0.2) is 8.78 Å². The van der Waals surface area contributed by atoms with Crippen LogP contribution in [0.5, 0.6) is 0 Å². The highest BCUT2D eigenvalue weighted by Gasteiger charge is 2.09. The Kier molecular flexibility index (Phi) is 3.81. The van der Waals surface area contributed by atoms with E-state index in [-0.39, 0.29) is 11.3 Å². The molecule has 0 N–H and O–H groups in total. The molecule has 0 aromatic heterocycles. The van der Waals surface area contributed by atoms with E-state index < -0.39 is 11.6 Å². The predicted molar refractivity (Wildman–Crippen MR) is 53.4 cm³/mol. The topological polar surface area (TPSA) is 21.6 Å². The van der Waals surface area contributed by atoms with Crippen LogP contribution in [0.3, 0.4) is 0 Å². The highest BCUT2D eigenvalue weighted by molar-refractivity contribution is 6.12. The number of hydrogen-bond donors (Lipinski definition) is 0. The van der Waals surface area contributed by atoms with Gasteiger partial charge in [0, 0.05) is 11.6 Å². The fourth-order valence-corrected chi connectivity index (χ4v) is 1.03. The zero-order valence-corrected chi connectivity index (χ0v) is 8.34. The van der Waals surface area contributed by atoms with E-state index in [2.05, 4.69) is 21.8 Å². The Hall–Kier alpha value is -1.89. The van der Waals surface area contributed by atoms with Crippen molar-refractivity contribution in [2.45, 2.75) is 6.92 Å². The Morgan fingerprint density at radius 2 is 2.13 bits per heavy atom. The van der Waals surface area contributed by atoms with Gasteiger partial charge in [-0.1, -0.05) is 11.1 Å². The van der Waals surface area contributed by atoms with Crippen molar-refractivity contribution in [2.75, 3.05) is 7.11 Å². The molecule has 0 saturated carbocycles. The normalized spacial score (nSPS) is 10.5. The molecule has 0 saturated heterocycles. The molecule has 0 aliphatic heterocycles. The van der Waals surface area contributed by atoms with Gasteiger partial charge in [0.1, 0.15) is 18.7 Å². The molecule has 0 heterocycles. The maximum atomic E-state index is 13.3. The zero-order valence-electron chi connectivity index (χ0n) is 8.34. The number of oxime groups is 1. The van der Waals surface area contributed by atoms with Crippen LogP contribution in [-0.2, 0) is 4.84 Å². The molecule has 2 nitrogen and oxygen atoms in total. The van der Waals surface area contributed by atoms with E-state index in [1.807, 2.05) is 0 Å². The summed E-state index contributed by atoms with van der Waals surface area (Å²) in [5.41, 5.74) is 0.255. The van der Waals surface area contributed by atoms with Crippen molar-refractivity contribution in [3.63, 3.8) is 0 Å². The molecule has 0 fully saturated rings. The van der Waals surface area contributed by atoms with Gasteiger partial charge >= 0.3 is 0 Å². The predicted octanol–water partition coefficient (Wildman–Crippen LogP) is 2.34. The minimum atomic E-state index is -0.714. The lowest BCUT2D eigenvalue weighted by Gasteiger charge is -2.00. The molecule has 0 radical (unpaired) electrons. The molecule has 1 rings (SSSR count). The first-order valence-electron chi connectivity index (χ1n) is 4.18. The Balaban J connectivity index is 3.21. The van der Waals surface area contributed by atoms with Gasteiger partial charge in [0.05, 0.1) is 0 Å².